The van der Waals surface area contributed by atoms with Gasteiger partial charge in [-0.1, -0.05) is 24.3 Å². The lowest BCUT2D eigenvalue weighted by Gasteiger charge is -2.35. The minimum atomic E-state index is 0.212. The first-order valence-electron chi connectivity index (χ1n) is 7.28. The number of nitrogens with zero attached hydrogens (tertiary/aromatic N) is 2. The monoisotopic (exact) mass is 258 g/mol. The fourth-order valence-corrected chi connectivity index (χ4v) is 3.31. The SMILES string of the molecule is CN1CCCC(C(=O)N2CCc3ccccc3C2)C1. The van der Waals surface area contributed by atoms with Crippen molar-refractivity contribution in [3.63, 3.8) is 0 Å². The van der Waals surface area contributed by atoms with Crippen molar-refractivity contribution < 1.29 is 4.79 Å². The van der Waals surface area contributed by atoms with Crippen LogP contribution in [0.15, 0.2) is 24.3 Å². The van der Waals surface area contributed by atoms with E-state index in [9.17, 15) is 4.79 Å². The Balaban J connectivity index is 1.69. The van der Waals surface area contributed by atoms with Crippen LogP contribution in [0.25, 0.3) is 0 Å². The third-order valence-electron chi connectivity index (χ3n) is 4.42. The first-order chi connectivity index (χ1) is 9.24. The summed E-state index contributed by atoms with van der Waals surface area (Å²) >= 11 is 0. The van der Waals surface area contributed by atoms with Gasteiger partial charge >= 0.3 is 0 Å². The number of carbonyl (C=O) groups excluding carboxylic acids is 1. The van der Waals surface area contributed by atoms with E-state index >= 15 is 0 Å². The van der Waals surface area contributed by atoms with Gasteiger partial charge < -0.3 is 9.80 Å². The van der Waals surface area contributed by atoms with Crippen LogP contribution < -0.4 is 0 Å². The Labute approximate surface area is 115 Å². The first-order valence-corrected chi connectivity index (χ1v) is 7.28. The maximum absolute atomic E-state index is 12.6. The van der Waals surface area contributed by atoms with Gasteiger partial charge in [0, 0.05) is 19.6 Å². The zero-order chi connectivity index (χ0) is 13.2. The van der Waals surface area contributed by atoms with Gasteiger partial charge in [0.2, 0.25) is 5.91 Å². The molecule has 0 N–H and O–H groups in total. The highest BCUT2D eigenvalue weighted by atomic mass is 16.2. The van der Waals surface area contributed by atoms with Gasteiger partial charge in [-0.25, -0.2) is 0 Å². The minimum absolute atomic E-state index is 0.212. The van der Waals surface area contributed by atoms with Crippen LogP contribution in [0.2, 0.25) is 0 Å². The molecule has 1 saturated heterocycles. The highest BCUT2D eigenvalue weighted by molar-refractivity contribution is 5.79. The van der Waals surface area contributed by atoms with Gasteiger partial charge in [0.05, 0.1) is 5.92 Å². The van der Waals surface area contributed by atoms with Crippen LogP contribution in [0.1, 0.15) is 24.0 Å². The number of fused-ring (bicyclic) bond motifs is 1. The Kier molecular flexibility index (Phi) is 3.56. The molecule has 1 aromatic rings. The third kappa shape index (κ3) is 2.66. The zero-order valence-corrected chi connectivity index (χ0v) is 11.6. The van der Waals surface area contributed by atoms with Crippen molar-refractivity contribution in [3.8, 4) is 0 Å². The molecule has 3 rings (SSSR count). The largest absolute Gasteiger partial charge is 0.338 e. The minimum Gasteiger partial charge on any atom is -0.338 e. The fourth-order valence-electron chi connectivity index (χ4n) is 3.31. The Morgan fingerprint density at radius 2 is 2.00 bits per heavy atom. The predicted octanol–water partition coefficient (Wildman–Crippen LogP) is 1.91. The molecule has 2 aliphatic heterocycles. The quantitative estimate of drug-likeness (QED) is 0.768. The highest BCUT2D eigenvalue weighted by Gasteiger charge is 2.29. The molecule has 0 aromatic heterocycles. The van der Waals surface area contributed by atoms with Crippen LogP contribution in [-0.4, -0.2) is 42.4 Å². The second-order valence-electron chi connectivity index (χ2n) is 5.88. The highest BCUT2D eigenvalue weighted by Crippen LogP contribution is 2.23. The standard InChI is InChI=1S/C16H22N2O/c1-17-9-4-7-15(11-17)16(19)18-10-8-13-5-2-3-6-14(13)12-18/h2-3,5-6,15H,4,7-12H2,1H3. The number of carbonyl (C=O) groups is 1. The third-order valence-corrected chi connectivity index (χ3v) is 4.42. The van der Waals surface area contributed by atoms with Gasteiger partial charge in [0.15, 0.2) is 0 Å². The Morgan fingerprint density at radius 3 is 2.79 bits per heavy atom. The van der Waals surface area contributed by atoms with Crippen molar-refractivity contribution in [1.29, 1.82) is 0 Å². The van der Waals surface area contributed by atoms with E-state index in [1.165, 1.54) is 11.1 Å². The van der Waals surface area contributed by atoms with Crippen molar-refractivity contribution >= 4 is 5.91 Å². The fraction of sp³-hybridized carbons (Fsp3) is 0.562. The molecule has 2 aliphatic rings. The van der Waals surface area contributed by atoms with E-state index in [2.05, 4.69) is 41.1 Å². The van der Waals surface area contributed by atoms with E-state index in [1.54, 1.807) is 0 Å². The molecule has 2 heterocycles. The summed E-state index contributed by atoms with van der Waals surface area (Å²) in [6, 6.07) is 8.50. The number of hydrogen-bond donors (Lipinski definition) is 0. The van der Waals surface area contributed by atoms with Crippen LogP contribution in [0.4, 0.5) is 0 Å². The summed E-state index contributed by atoms with van der Waals surface area (Å²) in [7, 11) is 2.12. The molecule has 1 atom stereocenters. The van der Waals surface area contributed by atoms with E-state index in [1.807, 2.05) is 0 Å². The van der Waals surface area contributed by atoms with Crippen LogP contribution in [0, 0.1) is 5.92 Å². The summed E-state index contributed by atoms with van der Waals surface area (Å²) in [5.74, 6) is 0.574. The molecule has 0 radical (unpaired) electrons. The van der Waals surface area contributed by atoms with Gasteiger partial charge in [-0.15, -0.1) is 0 Å². The maximum atomic E-state index is 12.6. The van der Waals surface area contributed by atoms with Gasteiger partial charge in [0.25, 0.3) is 0 Å². The molecule has 1 aromatic carbocycles. The molecule has 19 heavy (non-hydrogen) atoms. The molecule has 0 aliphatic carbocycles. The zero-order valence-electron chi connectivity index (χ0n) is 11.6. The number of amides is 1. The average Bonchev–Trinajstić information content (AvgIpc) is 2.46. The molecule has 0 bridgehead atoms. The van der Waals surface area contributed by atoms with Gasteiger partial charge in [-0.05, 0) is 44.0 Å². The number of benzene rings is 1. The number of likely N-dealkylation sites (tertiary alicyclic amines) is 1. The molecule has 1 fully saturated rings. The summed E-state index contributed by atoms with van der Waals surface area (Å²) < 4.78 is 0. The van der Waals surface area contributed by atoms with Crippen molar-refractivity contribution in [1.82, 2.24) is 9.80 Å². The van der Waals surface area contributed by atoms with E-state index in [-0.39, 0.29) is 5.92 Å². The van der Waals surface area contributed by atoms with Gasteiger partial charge in [-0.3, -0.25) is 4.79 Å². The molecular weight excluding hydrogens is 236 g/mol. The predicted molar refractivity (Wildman–Crippen MR) is 75.8 cm³/mol. The Bertz CT molecular complexity index is 472. The lowest BCUT2D eigenvalue weighted by atomic mass is 9.94. The van der Waals surface area contributed by atoms with E-state index in [4.69, 9.17) is 0 Å². The molecule has 1 amide bonds. The number of piperidine rings is 1. The molecule has 3 heteroatoms. The topological polar surface area (TPSA) is 23.6 Å². The lowest BCUT2D eigenvalue weighted by molar-refractivity contribution is -0.138. The molecule has 1 unspecified atom stereocenters. The lowest BCUT2D eigenvalue weighted by Crippen LogP contribution is -2.45. The molecule has 0 spiro atoms. The van der Waals surface area contributed by atoms with Gasteiger partial charge in [0.1, 0.15) is 0 Å². The normalized spacial score (nSPS) is 24.1. The molecule has 102 valence electrons. The number of hydrogen-bond acceptors (Lipinski definition) is 2. The van der Waals surface area contributed by atoms with Crippen molar-refractivity contribution in [2.24, 2.45) is 5.92 Å². The van der Waals surface area contributed by atoms with Crippen molar-refractivity contribution in [2.75, 3.05) is 26.7 Å². The Hall–Kier alpha value is -1.35. The summed E-state index contributed by atoms with van der Waals surface area (Å²) in [6.07, 6.45) is 3.21. The first kappa shape index (κ1) is 12.7. The summed E-state index contributed by atoms with van der Waals surface area (Å²) in [4.78, 5) is 17.0. The van der Waals surface area contributed by atoms with Gasteiger partial charge in [-0.2, -0.15) is 0 Å². The second-order valence-corrected chi connectivity index (χ2v) is 5.88. The average molecular weight is 258 g/mol. The summed E-state index contributed by atoms with van der Waals surface area (Å²) in [6.45, 7) is 3.74. The van der Waals surface area contributed by atoms with Crippen LogP contribution in [0.5, 0.6) is 0 Å². The smallest absolute Gasteiger partial charge is 0.227 e. The second kappa shape index (κ2) is 5.33. The van der Waals surface area contributed by atoms with Crippen LogP contribution in [-0.2, 0) is 17.8 Å². The Morgan fingerprint density at radius 1 is 1.21 bits per heavy atom. The van der Waals surface area contributed by atoms with Crippen molar-refractivity contribution in [3.05, 3.63) is 35.4 Å². The molecular formula is C16H22N2O. The van der Waals surface area contributed by atoms with Crippen LogP contribution >= 0.6 is 0 Å². The molecule has 3 nitrogen and oxygen atoms in total. The van der Waals surface area contributed by atoms with E-state index in [0.717, 1.165) is 45.4 Å². The number of rotatable bonds is 1. The maximum Gasteiger partial charge on any atom is 0.227 e. The van der Waals surface area contributed by atoms with E-state index in [0.29, 0.717) is 5.91 Å². The summed E-state index contributed by atoms with van der Waals surface area (Å²) in [5, 5.41) is 0. The van der Waals surface area contributed by atoms with Crippen molar-refractivity contribution in [2.45, 2.75) is 25.8 Å². The van der Waals surface area contributed by atoms with E-state index < -0.39 is 0 Å². The summed E-state index contributed by atoms with van der Waals surface area (Å²) in [5.41, 5.74) is 2.73. The van der Waals surface area contributed by atoms with Crippen LogP contribution in [0.3, 0.4) is 0 Å². The molecule has 0 saturated carbocycles.